The van der Waals surface area contributed by atoms with Crippen LogP contribution in [0.5, 0.6) is 0 Å². The predicted octanol–water partition coefficient (Wildman–Crippen LogP) is 4.73. The van der Waals surface area contributed by atoms with Crippen LogP contribution >= 0.6 is 0 Å². The van der Waals surface area contributed by atoms with Crippen LogP contribution in [0.1, 0.15) is 57.6 Å². The largest absolute Gasteiger partial charge is 0.374 e. The average molecular weight is 220 g/mol. The van der Waals surface area contributed by atoms with Crippen molar-refractivity contribution in [1.82, 2.24) is 0 Å². The highest BCUT2D eigenvalue weighted by molar-refractivity contribution is 5.17. The fourth-order valence-corrected chi connectivity index (χ4v) is 1.85. The number of ether oxygens (including phenoxy) is 1. The topological polar surface area (TPSA) is 9.23 Å². The predicted molar refractivity (Wildman–Crippen MR) is 69.6 cm³/mol. The molecule has 0 saturated heterocycles. The molecule has 1 nitrogen and oxygen atoms in total. The number of hydrogen-bond acceptors (Lipinski definition) is 1. The lowest BCUT2D eigenvalue weighted by atomic mass is 10.1. The van der Waals surface area contributed by atoms with Gasteiger partial charge >= 0.3 is 0 Å². The summed E-state index contributed by atoms with van der Waals surface area (Å²) >= 11 is 0. The molecule has 0 saturated carbocycles. The van der Waals surface area contributed by atoms with Gasteiger partial charge in [-0.1, -0.05) is 63.4 Å². The normalized spacial score (nSPS) is 12.6. The zero-order valence-corrected chi connectivity index (χ0v) is 10.6. The summed E-state index contributed by atoms with van der Waals surface area (Å²) in [4.78, 5) is 0. The minimum Gasteiger partial charge on any atom is -0.374 e. The molecule has 0 radical (unpaired) electrons. The van der Waals surface area contributed by atoms with Crippen molar-refractivity contribution in [3.05, 3.63) is 35.9 Å². The first kappa shape index (κ1) is 13.2. The lowest BCUT2D eigenvalue weighted by Crippen LogP contribution is -2.05. The van der Waals surface area contributed by atoms with Crippen LogP contribution in [0.3, 0.4) is 0 Å². The van der Waals surface area contributed by atoms with E-state index in [4.69, 9.17) is 4.74 Å². The van der Waals surface area contributed by atoms with Gasteiger partial charge in [0.05, 0.1) is 6.10 Å². The molecule has 90 valence electrons. The molecule has 16 heavy (non-hydrogen) atoms. The van der Waals surface area contributed by atoms with E-state index in [1.807, 2.05) is 0 Å². The van der Waals surface area contributed by atoms with Crippen molar-refractivity contribution in [2.45, 2.75) is 52.1 Å². The first-order chi connectivity index (χ1) is 7.88. The van der Waals surface area contributed by atoms with Crippen molar-refractivity contribution in [3.8, 4) is 0 Å². The summed E-state index contributed by atoms with van der Waals surface area (Å²) in [7, 11) is 0. The van der Waals surface area contributed by atoms with Crippen LogP contribution in [0.15, 0.2) is 30.3 Å². The molecule has 1 rings (SSSR count). The fraction of sp³-hybridized carbons (Fsp3) is 0.600. The van der Waals surface area contributed by atoms with Crippen molar-refractivity contribution < 1.29 is 4.74 Å². The molecule has 0 aromatic heterocycles. The van der Waals surface area contributed by atoms with Gasteiger partial charge in [-0.2, -0.15) is 0 Å². The number of unbranched alkanes of at least 4 members (excludes halogenated alkanes) is 2. The lowest BCUT2D eigenvalue weighted by Gasteiger charge is -2.17. The van der Waals surface area contributed by atoms with Gasteiger partial charge in [0.2, 0.25) is 0 Å². The Morgan fingerprint density at radius 2 is 1.75 bits per heavy atom. The van der Waals surface area contributed by atoms with E-state index in [1.165, 1.54) is 31.2 Å². The summed E-state index contributed by atoms with van der Waals surface area (Å²) < 4.78 is 5.97. The summed E-state index contributed by atoms with van der Waals surface area (Å²) in [5.41, 5.74) is 1.32. The maximum atomic E-state index is 5.97. The number of hydrogen-bond donors (Lipinski definition) is 0. The van der Waals surface area contributed by atoms with Gasteiger partial charge in [-0.15, -0.1) is 0 Å². The summed E-state index contributed by atoms with van der Waals surface area (Å²) in [5, 5.41) is 0. The van der Waals surface area contributed by atoms with Crippen molar-refractivity contribution in [2.75, 3.05) is 6.61 Å². The van der Waals surface area contributed by atoms with E-state index in [0.29, 0.717) is 6.10 Å². The van der Waals surface area contributed by atoms with E-state index in [2.05, 4.69) is 44.2 Å². The highest BCUT2D eigenvalue weighted by atomic mass is 16.5. The molecule has 0 N–H and O–H groups in total. The van der Waals surface area contributed by atoms with Crippen LogP contribution in [0.4, 0.5) is 0 Å². The Morgan fingerprint density at radius 3 is 2.38 bits per heavy atom. The maximum Gasteiger partial charge on any atom is 0.0824 e. The number of benzene rings is 1. The standard InChI is InChI=1S/C15H24O/c1-3-5-9-13-16-15(10-4-2)14-11-7-6-8-12-14/h6-8,11-12,15H,3-5,9-10,13H2,1-2H3. The molecule has 0 heterocycles. The van der Waals surface area contributed by atoms with Crippen LogP contribution in [0.2, 0.25) is 0 Å². The van der Waals surface area contributed by atoms with Gasteiger partial charge in [0, 0.05) is 6.61 Å². The van der Waals surface area contributed by atoms with Gasteiger partial charge in [-0.05, 0) is 18.4 Å². The summed E-state index contributed by atoms with van der Waals surface area (Å²) in [6.07, 6.45) is 6.30. The van der Waals surface area contributed by atoms with Crippen LogP contribution in [-0.4, -0.2) is 6.61 Å². The molecule has 1 aromatic carbocycles. The minimum atomic E-state index is 0.294. The Balaban J connectivity index is 2.41. The summed E-state index contributed by atoms with van der Waals surface area (Å²) in [6.45, 7) is 5.33. The molecule has 1 atom stereocenters. The van der Waals surface area contributed by atoms with Gasteiger partial charge in [0.25, 0.3) is 0 Å². The Bertz CT molecular complexity index is 255. The molecule has 1 heteroatoms. The van der Waals surface area contributed by atoms with Gasteiger partial charge in [-0.3, -0.25) is 0 Å². The molecule has 0 fully saturated rings. The second-order valence-corrected chi connectivity index (χ2v) is 4.27. The molecule has 0 aliphatic heterocycles. The first-order valence-electron chi connectivity index (χ1n) is 6.55. The molecule has 0 aliphatic rings. The SMILES string of the molecule is CCCCCOC(CCC)c1ccccc1. The van der Waals surface area contributed by atoms with Crippen LogP contribution < -0.4 is 0 Å². The average Bonchev–Trinajstić information content (AvgIpc) is 2.34. The molecular weight excluding hydrogens is 196 g/mol. The highest BCUT2D eigenvalue weighted by Crippen LogP contribution is 2.22. The molecule has 1 unspecified atom stereocenters. The van der Waals surface area contributed by atoms with Crippen LogP contribution in [0.25, 0.3) is 0 Å². The molecule has 0 spiro atoms. The Labute approximate surface area is 99.8 Å². The van der Waals surface area contributed by atoms with Crippen molar-refractivity contribution in [3.63, 3.8) is 0 Å². The Morgan fingerprint density at radius 1 is 1.00 bits per heavy atom. The van der Waals surface area contributed by atoms with Gasteiger partial charge < -0.3 is 4.74 Å². The fourth-order valence-electron chi connectivity index (χ4n) is 1.85. The highest BCUT2D eigenvalue weighted by Gasteiger charge is 2.09. The van der Waals surface area contributed by atoms with E-state index in [1.54, 1.807) is 0 Å². The van der Waals surface area contributed by atoms with Crippen molar-refractivity contribution in [1.29, 1.82) is 0 Å². The quantitative estimate of drug-likeness (QED) is 0.575. The van der Waals surface area contributed by atoms with E-state index < -0.39 is 0 Å². The summed E-state index contributed by atoms with van der Waals surface area (Å²) in [5.74, 6) is 0. The van der Waals surface area contributed by atoms with E-state index in [9.17, 15) is 0 Å². The zero-order valence-electron chi connectivity index (χ0n) is 10.6. The number of rotatable bonds is 8. The Kier molecular flexibility index (Phi) is 6.91. The van der Waals surface area contributed by atoms with Crippen LogP contribution in [0, 0.1) is 0 Å². The molecule has 1 aromatic rings. The lowest BCUT2D eigenvalue weighted by molar-refractivity contribution is 0.0436. The monoisotopic (exact) mass is 220 g/mol. The van der Waals surface area contributed by atoms with Gasteiger partial charge in [0.1, 0.15) is 0 Å². The molecule has 0 bridgehead atoms. The minimum absolute atomic E-state index is 0.294. The molecule has 0 amide bonds. The van der Waals surface area contributed by atoms with Crippen LogP contribution in [-0.2, 0) is 4.74 Å². The molecule has 0 aliphatic carbocycles. The summed E-state index contributed by atoms with van der Waals surface area (Å²) in [6, 6.07) is 10.6. The Hall–Kier alpha value is -0.820. The zero-order chi connectivity index (χ0) is 11.6. The smallest absolute Gasteiger partial charge is 0.0824 e. The van der Waals surface area contributed by atoms with Crippen molar-refractivity contribution >= 4 is 0 Å². The van der Waals surface area contributed by atoms with E-state index >= 15 is 0 Å². The van der Waals surface area contributed by atoms with E-state index in [-0.39, 0.29) is 0 Å². The van der Waals surface area contributed by atoms with Gasteiger partial charge in [-0.25, -0.2) is 0 Å². The first-order valence-corrected chi connectivity index (χ1v) is 6.55. The molecular formula is C15H24O. The third kappa shape index (κ3) is 4.80. The second kappa shape index (κ2) is 8.35. The maximum absolute atomic E-state index is 5.97. The van der Waals surface area contributed by atoms with Gasteiger partial charge in [0.15, 0.2) is 0 Å². The third-order valence-electron chi connectivity index (χ3n) is 2.79. The third-order valence-corrected chi connectivity index (χ3v) is 2.79. The van der Waals surface area contributed by atoms with E-state index in [0.717, 1.165) is 13.0 Å². The van der Waals surface area contributed by atoms with Crippen molar-refractivity contribution in [2.24, 2.45) is 0 Å². The second-order valence-electron chi connectivity index (χ2n) is 4.27.